The standard InChI is InChI=1S/C10H20N2OS/c1-3-4-5-6-7-12-9-14-8-11(2)10(12)13/h3-9H2,1-2H3. The predicted octanol–water partition coefficient (Wildman–Crippen LogP) is 2.58. The number of carbonyl (C=O) groups is 1. The molecule has 1 fully saturated rings. The highest BCUT2D eigenvalue weighted by atomic mass is 32.2. The minimum atomic E-state index is 0.195. The minimum Gasteiger partial charge on any atom is -0.318 e. The summed E-state index contributed by atoms with van der Waals surface area (Å²) >= 11 is 1.81. The van der Waals surface area contributed by atoms with Crippen LogP contribution >= 0.6 is 11.8 Å². The van der Waals surface area contributed by atoms with Gasteiger partial charge >= 0.3 is 6.03 Å². The van der Waals surface area contributed by atoms with Crippen LogP contribution < -0.4 is 0 Å². The molecule has 0 radical (unpaired) electrons. The fraction of sp³-hybridized carbons (Fsp3) is 0.900. The van der Waals surface area contributed by atoms with E-state index in [2.05, 4.69) is 6.92 Å². The molecule has 3 nitrogen and oxygen atoms in total. The van der Waals surface area contributed by atoms with E-state index in [0.29, 0.717) is 0 Å². The van der Waals surface area contributed by atoms with E-state index in [1.54, 1.807) is 4.90 Å². The summed E-state index contributed by atoms with van der Waals surface area (Å²) in [4.78, 5) is 15.4. The van der Waals surface area contributed by atoms with Crippen LogP contribution in [0.1, 0.15) is 32.6 Å². The van der Waals surface area contributed by atoms with Crippen LogP contribution in [0.3, 0.4) is 0 Å². The third kappa shape index (κ3) is 3.40. The molecule has 82 valence electrons. The maximum Gasteiger partial charge on any atom is 0.321 e. The molecule has 0 N–H and O–H groups in total. The van der Waals surface area contributed by atoms with E-state index in [4.69, 9.17) is 0 Å². The van der Waals surface area contributed by atoms with Gasteiger partial charge in [-0.1, -0.05) is 26.2 Å². The van der Waals surface area contributed by atoms with Gasteiger partial charge in [0.2, 0.25) is 0 Å². The third-order valence-corrected chi connectivity index (χ3v) is 3.47. The van der Waals surface area contributed by atoms with E-state index >= 15 is 0 Å². The van der Waals surface area contributed by atoms with Gasteiger partial charge in [0.1, 0.15) is 0 Å². The van der Waals surface area contributed by atoms with Crippen LogP contribution in [-0.2, 0) is 0 Å². The number of hydrogen-bond acceptors (Lipinski definition) is 2. The highest BCUT2D eigenvalue weighted by Gasteiger charge is 2.21. The number of hydrogen-bond donors (Lipinski definition) is 0. The normalized spacial score (nSPS) is 17.7. The molecule has 1 rings (SSSR count). The smallest absolute Gasteiger partial charge is 0.318 e. The molecule has 0 saturated carbocycles. The Balaban J connectivity index is 2.19. The van der Waals surface area contributed by atoms with Gasteiger partial charge in [0, 0.05) is 13.6 Å². The molecule has 1 heterocycles. The van der Waals surface area contributed by atoms with Crippen LogP contribution in [0.4, 0.5) is 4.79 Å². The topological polar surface area (TPSA) is 23.6 Å². The zero-order chi connectivity index (χ0) is 10.4. The Morgan fingerprint density at radius 1 is 1.29 bits per heavy atom. The molecule has 0 aromatic heterocycles. The summed E-state index contributed by atoms with van der Waals surface area (Å²) in [5.41, 5.74) is 0. The fourth-order valence-electron chi connectivity index (χ4n) is 1.53. The van der Waals surface area contributed by atoms with Crippen LogP contribution in [0.5, 0.6) is 0 Å². The van der Waals surface area contributed by atoms with Crippen molar-refractivity contribution in [3.63, 3.8) is 0 Å². The highest BCUT2D eigenvalue weighted by molar-refractivity contribution is 7.99. The van der Waals surface area contributed by atoms with Crippen molar-refractivity contribution >= 4 is 17.8 Å². The zero-order valence-corrected chi connectivity index (χ0v) is 9.98. The molecule has 0 aromatic rings. The molecular weight excluding hydrogens is 196 g/mol. The lowest BCUT2D eigenvalue weighted by Gasteiger charge is -2.32. The number of rotatable bonds is 5. The van der Waals surface area contributed by atoms with Gasteiger partial charge in [0.15, 0.2) is 0 Å². The third-order valence-electron chi connectivity index (χ3n) is 2.41. The Kier molecular flexibility index (Phi) is 5.15. The van der Waals surface area contributed by atoms with Crippen molar-refractivity contribution in [1.29, 1.82) is 0 Å². The molecule has 1 saturated heterocycles. The number of urea groups is 1. The quantitative estimate of drug-likeness (QED) is 0.659. The predicted molar refractivity (Wildman–Crippen MR) is 61.3 cm³/mol. The molecule has 0 unspecified atom stereocenters. The lowest BCUT2D eigenvalue weighted by Crippen LogP contribution is -2.45. The summed E-state index contributed by atoms with van der Waals surface area (Å²) in [5.74, 6) is 1.71. The van der Waals surface area contributed by atoms with E-state index in [9.17, 15) is 4.79 Å². The molecule has 1 aliphatic rings. The van der Waals surface area contributed by atoms with Gasteiger partial charge in [-0.25, -0.2) is 4.79 Å². The van der Waals surface area contributed by atoms with Crippen molar-refractivity contribution in [1.82, 2.24) is 9.80 Å². The zero-order valence-electron chi connectivity index (χ0n) is 9.16. The summed E-state index contributed by atoms with van der Waals surface area (Å²) in [6.45, 7) is 3.13. The molecular formula is C10H20N2OS. The van der Waals surface area contributed by atoms with Gasteiger partial charge in [-0.3, -0.25) is 0 Å². The van der Waals surface area contributed by atoms with E-state index in [1.807, 2.05) is 23.7 Å². The molecule has 0 aromatic carbocycles. The Bertz CT molecular complexity index is 187. The number of carbonyl (C=O) groups excluding carboxylic acids is 1. The second kappa shape index (κ2) is 6.17. The van der Waals surface area contributed by atoms with Crippen molar-refractivity contribution in [2.75, 3.05) is 25.3 Å². The summed E-state index contributed by atoms with van der Waals surface area (Å²) in [6.07, 6.45) is 4.93. The van der Waals surface area contributed by atoms with Crippen LogP contribution in [0, 0.1) is 0 Å². The Labute approximate surface area is 90.8 Å². The number of amides is 2. The number of thioether (sulfide) groups is 1. The Hall–Kier alpha value is -0.380. The van der Waals surface area contributed by atoms with E-state index in [-0.39, 0.29) is 6.03 Å². The van der Waals surface area contributed by atoms with E-state index in [1.165, 1.54) is 19.3 Å². The first-order valence-electron chi connectivity index (χ1n) is 5.33. The molecule has 2 amide bonds. The van der Waals surface area contributed by atoms with Crippen LogP contribution in [-0.4, -0.2) is 41.2 Å². The largest absolute Gasteiger partial charge is 0.321 e. The second-order valence-electron chi connectivity index (χ2n) is 3.77. The number of nitrogens with zero attached hydrogens (tertiary/aromatic N) is 2. The summed E-state index contributed by atoms with van der Waals surface area (Å²) in [5, 5.41) is 0. The molecule has 0 spiro atoms. The minimum absolute atomic E-state index is 0.195. The molecule has 0 aliphatic carbocycles. The fourth-order valence-corrected chi connectivity index (χ4v) is 2.46. The van der Waals surface area contributed by atoms with Gasteiger partial charge in [-0.05, 0) is 6.42 Å². The first-order valence-corrected chi connectivity index (χ1v) is 6.49. The maximum absolute atomic E-state index is 11.6. The van der Waals surface area contributed by atoms with E-state index < -0.39 is 0 Å². The molecule has 0 bridgehead atoms. The molecule has 14 heavy (non-hydrogen) atoms. The van der Waals surface area contributed by atoms with E-state index in [0.717, 1.165) is 24.7 Å². The monoisotopic (exact) mass is 216 g/mol. The van der Waals surface area contributed by atoms with Crippen LogP contribution in [0.15, 0.2) is 0 Å². The first-order chi connectivity index (χ1) is 6.75. The SMILES string of the molecule is CCCCCCN1CSCN(C)C1=O. The summed E-state index contributed by atoms with van der Waals surface area (Å²) in [7, 11) is 1.87. The van der Waals surface area contributed by atoms with Crippen molar-refractivity contribution in [3.05, 3.63) is 0 Å². The molecule has 0 atom stereocenters. The van der Waals surface area contributed by atoms with Crippen LogP contribution in [0.25, 0.3) is 0 Å². The van der Waals surface area contributed by atoms with Crippen molar-refractivity contribution in [3.8, 4) is 0 Å². The van der Waals surface area contributed by atoms with Gasteiger partial charge in [0.05, 0.1) is 11.8 Å². The van der Waals surface area contributed by atoms with Crippen LogP contribution in [0.2, 0.25) is 0 Å². The van der Waals surface area contributed by atoms with Crippen molar-refractivity contribution in [2.24, 2.45) is 0 Å². The first kappa shape index (κ1) is 11.7. The average Bonchev–Trinajstić information content (AvgIpc) is 2.19. The van der Waals surface area contributed by atoms with Gasteiger partial charge < -0.3 is 9.80 Å². The molecule has 4 heteroatoms. The van der Waals surface area contributed by atoms with Gasteiger partial charge in [-0.15, -0.1) is 11.8 Å². The maximum atomic E-state index is 11.6. The van der Waals surface area contributed by atoms with Gasteiger partial charge in [0.25, 0.3) is 0 Å². The van der Waals surface area contributed by atoms with Gasteiger partial charge in [-0.2, -0.15) is 0 Å². The summed E-state index contributed by atoms with van der Waals surface area (Å²) in [6, 6.07) is 0.195. The Morgan fingerprint density at radius 2 is 2.07 bits per heavy atom. The highest BCUT2D eigenvalue weighted by Crippen LogP contribution is 2.16. The lowest BCUT2D eigenvalue weighted by atomic mass is 10.2. The average molecular weight is 216 g/mol. The second-order valence-corrected chi connectivity index (χ2v) is 4.69. The number of unbranched alkanes of at least 4 members (excludes halogenated alkanes) is 3. The molecule has 1 aliphatic heterocycles. The Morgan fingerprint density at radius 3 is 2.79 bits per heavy atom. The van der Waals surface area contributed by atoms with Crippen molar-refractivity contribution < 1.29 is 4.79 Å². The lowest BCUT2D eigenvalue weighted by molar-refractivity contribution is 0.172. The summed E-state index contributed by atoms with van der Waals surface area (Å²) < 4.78 is 0. The van der Waals surface area contributed by atoms with Crippen molar-refractivity contribution in [2.45, 2.75) is 32.6 Å².